The standard InChI is InChI=1S/C17H16N2O3/c1-10-7-13(8-15-16(10)19-11(2)18-15)22-9-12-5-3-4-6-14(12)17(20)21/h3-8H,9H2,1-2H3,(H,18,19)(H,20,21). The van der Waals surface area contributed by atoms with Crippen molar-refractivity contribution < 1.29 is 14.6 Å². The second kappa shape index (κ2) is 5.52. The Kier molecular flexibility index (Phi) is 3.55. The fourth-order valence-electron chi connectivity index (χ4n) is 2.48. The molecule has 0 saturated heterocycles. The van der Waals surface area contributed by atoms with Gasteiger partial charge in [-0.05, 0) is 31.5 Å². The number of ether oxygens (including phenoxy) is 1. The molecule has 5 nitrogen and oxygen atoms in total. The molecule has 0 aliphatic heterocycles. The van der Waals surface area contributed by atoms with E-state index in [-0.39, 0.29) is 12.2 Å². The number of rotatable bonds is 4. The number of benzene rings is 2. The molecule has 0 aliphatic rings. The van der Waals surface area contributed by atoms with Crippen molar-refractivity contribution in [2.24, 2.45) is 0 Å². The fraction of sp³-hybridized carbons (Fsp3) is 0.176. The van der Waals surface area contributed by atoms with Gasteiger partial charge in [0.25, 0.3) is 0 Å². The number of carboxylic acid groups (broad SMARTS) is 1. The van der Waals surface area contributed by atoms with Gasteiger partial charge < -0.3 is 14.8 Å². The van der Waals surface area contributed by atoms with Crippen molar-refractivity contribution in [3.05, 3.63) is 58.9 Å². The maximum Gasteiger partial charge on any atom is 0.336 e. The Morgan fingerprint density at radius 3 is 2.82 bits per heavy atom. The lowest BCUT2D eigenvalue weighted by Gasteiger charge is -2.09. The van der Waals surface area contributed by atoms with Gasteiger partial charge in [0.15, 0.2) is 0 Å². The molecule has 0 amide bonds. The maximum atomic E-state index is 11.2. The first-order valence-electron chi connectivity index (χ1n) is 6.95. The van der Waals surface area contributed by atoms with Gasteiger partial charge in [-0.25, -0.2) is 9.78 Å². The summed E-state index contributed by atoms with van der Waals surface area (Å²) in [6.07, 6.45) is 0. The van der Waals surface area contributed by atoms with Crippen LogP contribution in [-0.2, 0) is 6.61 Å². The lowest BCUT2D eigenvalue weighted by molar-refractivity contribution is 0.0694. The fourth-order valence-corrected chi connectivity index (χ4v) is 2.48. The maximum absolute atomic E-state index is 11.2. The van der Waals surface area contributed by atoms with Gasteiger partial charge in [0.2, 0.25) is 0 Å². The van der Waals surface area contributed by atoms with Crippen LogP contribution in [0.4, 0.5) is 0 Å². The van der Waals surface area contributed by atoms with Gasteiger partial charge in [0.05, 0.1) is 16.6 Å². The predicted octanol–water partition coefficient (Wildman–Crippen LogP) is 3.46. The van der Waals surface area contributed by atoms with Crippen molar-refractivity contribution in [1.29, 1.82) is 0 Å². The van der Waals surface area contributed by atoms with Crippen molar-refractivity contribution in [2.45, 2.75) is 20.5 Å². The van der Waals surface area contributed by atoms with E-state index < -0.39 is 5.97 Å². The van der Waals surface area contributed by atoms with Crippen LogP contribution >= 0.6 is 0 Å². The van der Waals surface area contributed by atoms with Gasteiger partial charge in [0, 0.05) is 11.6 Å². The third kappa shape index (κ3) is 2.65. The first-order chi connectivity index (χ1) is 10.5. The number of hydrogen-bond acceptors (Lipinski definition) is 3. The summed E-state index contributed by atoms with van der Waals surface area (Å²) >= 11 is 0. The van der Waals surface area contributed by atoms with E-state index in [0.717, 1.165) is 22.4 Å². The van der Waals surface area contributed by atoms with E-state index in [2.05, 4.69) is 9.97 Å². The Balaban J connectivity index is 1.87. The number of aromatic amines is 1. The molecule has 0 spiro atoms. The summed E-state index contributed by atoms with van der Waals surface area (Å²) in [5, 5.41) is 9.18. The summed E-state index contributed by atoms with van der Waals surface area (Å²) in [7, 11) is 0. The highest BCUT2D eigenvalue weighted by atomic mass is 16.5. The van der Waals surface area contributed by atoms with Crippen molar-refractivity contribution in [1.82, 2.24) is 9.97 Å². The van der Waals surface area contributed by atoms with E-state index in [9.17, 15) is 9.90 Å². The number of imidazole rings is 1. The largest absolute Gasteiger partial charge is 0.489 e. The number of H-pyrrole nitrogens is 1. The van der Waals surface area contributed by atoms with Crippen molar-refractivity contribution >= 4 is 17.0 Å². The average Bonchev–Trinajstić information content (AvgIpc) is 2.86. The Labute approximate surface area is 127 Å². The molecule has 3 rings (SSSR count). The molecule has 112 valence electrons. The van der Waals surface area contributed by atoms with Gasteiger partial charge in [-0.15, -0.1) is 0 Å². The zero-order valence-corrected chi connectivity index (χ0v) is 12.4. The first-order valence-corrected chi connectivity index (χ1v) is 6.95. The number of nitrogens with one attached hydrogen (secondary N) is 1. The molecule has 2 aromatic carbocycles. The van der Waals surface area contributed by atoms with Crippen LogP contribution in [-0.4, -0.2) is 21.0 Å². The van der Waals surface area contributed by atoms with E-state index >= 15 is 0 Å². The number of nitrogens with zero attached hydrogens (tertiary/aromatic N) is 1. The molecule has 1 aromatic heterocycles. The molecule has 5 heteroatoms. The lowest BCUT2D eigenvalue weighted by Crippen LogP contribution is -2.05. The highest BCUT2D eigenvalue weighted by molar-refractivity contribution is 5.89. The average molecular weight is 296 g/mol. The minimum atomic E-state index is -0.949. The number of aromatic nitrogens is 2. The van der Waals surface area contributed by atoms with Gasteiger partial charge in [-0.1, -0.05) is 18.2 Å². The van der Waals surface area contributed by atoms with Gasteiger partial charge >= 0.3 is 5.97 Å². The van der Waals surface area contributed by atoms with Crippen LogP contribution in [0.3, 0.4) is 0 Å². The molecular formula is C17H16N2O3. The summed E-state index contributed by atoms with van der Waals surface area (Å²) in [6, 6.07) is 10.6. The molecule has 3 aromatic rings. The van der Waals surface area contributed by atoms with Crippen LogP contribution in [0.1, 0.15) is 27.3 Å². The molecule has 0 atom stereocenters. The molecule has 0 bridgehead atoms. The third-order valence-electron chi connectivity index (χ3n) is 3.51. The molecule has 1 heterocycles. The van der Waals surface area contributed by atoms with Crippen LogP contribution in [0.2, 0.25) is 0 Å². The number of fused-ring (bicyclic) bond motifs is 1. The Morgan fingerprint density at radius 1 is 1.27 bits per heavy atom. The van der Waals surface area contributed by atoms with E-state index in [1.807, 2.05) is 26.0 Å². The number of carbonyl (C=O) groups is 1. The second-order valence-electron chi connectivity index (χ2n) is 5.21. The molecule has 2 N–H and O–H groups in total. The van der Waals surface area contributed by atoms with E-state index in [0.29, 0.717) is 11.3 Å². The Hall–Kier alpha value is -2.82. The van der Waals surface area contributed by atoms with Crippen LogP contribution < -0.4 is 4.74 Å². The van der Waals surface area contributed by atoms with Crippen molar-refractivity contribution in [3.8, 4) is 5.75 Å². The molecule has 22 heavy (non-hydrogen) atoms. The molecular weight excluding hydrogens is 280 g/mol. The quantitative estimate of drug-likeness (QED) is 0.773. The van der Waals surface area contributed by atoms with Crippen molar-refractivity contribution in [3.63, 3.8) is 0 Å². The van der Waals surface area contributed by atoms with E-state index in [1.54, 1.807) is 24.3 Å². The van der Waals surface area contributed by atoms with Gasteiger partial charge in [-0.2, -0.15) is 0 Å². The Bertz CT molecular complexity index is 852. The zero-order chi connectivity index (χ0) is 15.7. The third-order valence-corrected chi connectivity index (χ3v) is 3.51. The Morgan fingerprint density at radius 2 is 2.05 bits per heavy atom. The van der Waals surface area contributed by atoms with Crippen LogP contribution in [0.15, 0.2) is 36.4 Å². The SMILES string of the molecule is Cc1nc2c(C)cc(OCc3ccccc3C(=O)O)cc2[nH]1. The zero-order valence-electron chi connectivity index (χ0n) is 12.4. The van der Waals surface area contributed by atoms with Crippen molar-refractivity contribution in [2.75, 3.05) is 0 Å². The van der Waals surface area contributed by atoms with Gasteiger partial charge in [0.1, 0.15) is 18.2 Å². The summed E-state index contributed by atoms with van der Waals surface area (Å²) in [4.78, 5) is 18.8. The minimum absolute atomic E-state index is 0.209. The first kappa shape index (κ1) is 14.1. The number of aryl methyl sites for hydroxylation is 2. The smallest absolute Gasteiger partial charge is 0.336 e. The van der Waals surface area contributed by atoms with Crippen LogP contribution in [0.25, 0.3) is 11.0 Å². The predicted molar refractivity (Wildman–Crippen MR) is 83.3 cm³/mol. The molecule has 0 unspecified atom stereocenters. The molecule has 0 radical (unpaired) electrons. The van der Waals surface area contributed by atoms with E-state index in [4.69, 9.17) is 4.74 Å². The summed E-state index contributed by atoms with van der Waals surface area (Å²) < 4.78 is 5.77. The highest BCUT2D eigenvalue weighted by Crippen LogP contribution is 2.24. The minimum Gasteiger partial charge on any atom is -0.489 e. The van der Waals surface area contributed by atoms with Crippen LogP contribution in [0, 0.1) is 13.8 Å². The van der Waals surface area contributed by atoms with Gasteiger partial charge in [-0.3, -0.25) is 0 Å². The summed E-state index contributed by atoms with van der Waals surface area (Å²) in [6.45, 7) is 4.09. The summed E-state index contributed by atoms with van der Waals surface area (Å²) in [5.41, 5.74) is 3.77. The molecule has 0 aliphatic carbocycles. The number of hydrogen-bond donors (Lipinski definition) is 2. The lowest BCUT2D eigenvalue weighted by atomic mass is 10.1. The van der Waals surface area contributed by atoms with Crippen LogP contribution in [0.5, 0.6) is 5.75 Å². The monoisotopic (exact) mass is 296 g/mol. The number of aromatic carboxylic acids is 1. The highest BCUT2D eigenvalue weighted by Gasteiger charge is 2.10. The molecule has 0 fully saturated rings. The summed E-state index contributed by atoms with van der Waals surface area (Å²) in [5.74, 6) is 0.593. The molecule has 0 saturated carbocycles. The second-order valence-corrected chi connectivity index (χ2v) is 5.21. The normalized spacial score (nSPS) is 10.8. The number of carboxylic acids is 1. The van der Waals surface area contributed by atoms with E-state index in [1.165, 1.54) is 0 Å². The topological polar surface area (TPSA) is 75.2 Å².